The summed E-state index contributed by atoms with van der Waals surface area (Å²) in [7, 11) is 1.67. The van der Waals surface area contributed by atoms with Gasteiger partial charge in [-0.3, -0.25) is 4.79 Å². The molecule has 0 bridgehead atoms. The number of carbonyl (C=O) groups is 1. The molecule has 1 fully saturated rings. The van der Waals surface area contributed by atoms with Gasteiger partial charge in [-0.25, -0.2) is 4.98 Å². The highest BCUT2D eigenvalue weighted by molar-refractivity contribution is 7.09. The van der Waals surface area contributed by atoms with Crippen LogP contribution in [0.15, 0.2) is 54.6 Å². The molecule has 2 aromatic carbocycles. The van der Waals surface area contributed by atoms with E-state index in [1.807, 2.05) is 41.3 Å². The van der Waals surface area contributed by atoms with Crippen LogP contribution in [0.4, 0.5) is 5.13 Å². The Labute approximate surface area is 181 Å². The first kappa shape index (κ1) is 20.3. The molecule has 0 aliphatic carbocycles. The lowest BCUT2D eigenvalue weighted by Crippen LogP contribution is -2.48. The normalized spacial score (nSPS) is 14.0. The van der Waals surface area contributed by atoms with E-state index < -0.39 is 0 Å². The summed E-state index contributed by atoms with van der Waals surface area (Å²) in [6.07, 6.45) is 2.04. The van der Waals surface area contributed by atoms with Crippen LogP contribution in [0.3, 0.4) is 0 Å². The Morgan fingerprint density at radius 1 is 1.03 bits per heavy atom. The molecular weight excluding hydrogens is 396 g/mol. The van der Waals surface area contributed by atoms with Crippen molar-refractivity contribution in [3.05, 3.63) is 71.5 Å². The van der Waals surface area contributed by atoms with Crippen LogP contribution in [0.1, 0.15) is 23.4 Å². The molecule has 2 heterocycles. The first-order chi connectivity index (χ1) is 14.7. The summed E-state index contributed by atoms with van der Waals surface area (Å²) in [4.78, 5) is 21.5. The SMILES string of the molecule is COc1cccc(Cc2nsc(N3CCN(C(=O)CCc4ccccc4)CC3)n2)c1. The number of aromatic nitrogens is 2. The van der Waals surface area contributed by atoms with E-state index in [4.69, 9.17) is 9.72 Å². The Balaban J connectivity index is 1.27. The molecule has 4 rings (SSSR count). The van der Waals surface area contributed by atoms with Crippen molar-refractivity contribution < 1.29 is 9.53 Å². The Morgan fingerprint density at radius 3 is 2.57 bits per heavy atom. The predicted molar refractivity (Wildman–Crippen MR) is 119 cm³/mol. The van der Waals surface area contributed by atoms with Crippen LogP contribution in [0, 0.1) is 0 Å². The fraction of sp³-hybridized carbons (Fsp3) is 0.348. The Morgan fingerprint density at radius 2 is 1.80 bits per heavy atom. The maximum Gasteiger partial charge on any atom is 0.223 e. The van der Waals surface area contributed by atoms with Gasteiger partial charge in [0, 0.05) is 50.6 Å². The van der Waals surface area contributed by atoms with E-state index in [0.29, 0.717) is 12.8 Å². The number of hydrogen-bond donors (Lipinski definition) is 0. The van der Waals surface area contributed by atoms with Crippen molar-refractivity contribution >= 4 is 22.6 Å². The third kappa shape index (κ3) is 5.16. The standard InChI is InChI=1S/C23H26N4O2S/c1-29-20-9-5-8-19(16-20)17-21-24-23(30-25-21)27-14-12-26(13-15-27)22(28)11-10-18-6-3-2-4-7-18/h2-9,16H,10-15,17H2,1H3. The van der Waals surface area contributed by atoms with E-state index in [9.17, 15) is 4.79 Å². The Hall–Kier alpha value is -2.93. The van der Waals surface area contributed by atoms with Crippen LogP contribution in [0.2, 0.25) is 0 Å². The number of methoxy groups -OCH3 is 1. The molecule has 1 amide bonds. The van der Waals surface area contributed by atoms with Gasteiger partial charge in [-0.1, -0.05) is 42.5 Å². The highest BCUT2D eigenvalue weighted by Crippen LogP contribution is 2.22. The van der Waals surface area contributed by atoms with Crippen molar-refractivity contribution in [2.24, 2.45) is 0 Å². The topological polar surface area (TPSA) is 58.6 Å². The van der Waals surface area contributed by atoms with Gasteiger partial charge in [0.1, 0.15) is 11.6 Å². The van der Waals surface area contributed by atoms with E-state index >= 15 is 0 Å². The number of carbonyl (C=O) groups excluding carboxylic acids is 1. The van der Waals surface area contributed by atoms with Gasteiger partial charge in [0.05, 0.1) is 7.11 Å². The minimum absolute atomic E-state index is 0.231. The molecule has 30 heavy (non-hydrogen) atoms. The monoisotopic (exact) mass is 422 g/mol. The molecule has 1 aliphatic heterocycles. The second kappa shape index (κ2) is 9.71. The van der Waals surface area contributed by atoms with Crippen molar-refractivity contribution in [3.8, 4) is 5.75 Å². The summed E-state index contributed by atoms with van der Waals surface area (Å²) in [6.45, 7) is 3.06. The molecule has 7 heteroatoms. The molecule has 0 radical (unpaired) electrons. The van der Waals surface area contributed by atoms with E-state index in [1.54, 1.807) is 7.11 Å². The average Bonchev–Trinajstić information content (AvgIpc) is 3.27. The summed E-state index contributed by atoms with van der Waals surface area (Å²) in [6, 6.07) is 18.2. The van der Waals surface area contributed by atoms with E-state index in [-0.39, 0.29) is 5.91 Å². The van der Waals surface area contributed by atoms with Crippen molar-refractivity contribution in [2.45, 2.75) is 19.3 Å². The maximum atomic E-state index is 12.5. The number of hydrogen-bond acceptors (Lipinski definition) is 6. The largest absolute Gasteiger partial charge is 0.497 e. The summed E-state index contributed by atoms with van der Waals surface area (Å²) in [5, 5.41) is 0.935. The van der Waals surface area contributed by atoms with Gasteiger partial charge in [-0.05, 0) is 29.7 Å². The maximum absolute atomic E-state index is 12.5. The second-order valence-electron chi connectivity index (χ2n) is 7.37. The lowest BCUT2D eigenvalue weighted by molar-refractivity contribution is -0.131. The van der Waals surface area contributed by atoms with Gasteiger partial charge in [0.15, 0.2) is 0 Å². The molecule has 1 aromatic heterocycles. The first-order valence-electron chi connectivity index (χ1n) is 10.2. The van der Waals surface area contributed by atoms with Gasteiger partial charge < -0.3 is 14.5 Å². The third-order valence-electron chi connectivity index (χ3n) is 5.33. The first-order valence-corrected chi connectivity index (χ1v) is 11.0. The number of ether oxygens (including phenoxy) is 1. The molecule has 0 atom stereocenters. The fourth-order valence-electron chi connectivity index (χ4n) is 3.61. The zero-order valence-corrected chi connectivity index (χ0v) is 18.0. The summed E-state index contributed by atoms with van der Waals surface area (Å²) in [5.41, 5.74) is 2.34. The zero-order chi connectivity index (χ0) is 20.8. The lowest BCUT2D eigenvalue weighted by Gasteiger charge is -2.34. The van der Waals surface area contributed by atoms with E-state index in [2.05, 4.69) is 27.5 Å². The van der Waals surface area contributed by atoms with Crippen LogP contribution in [-0.2, 0) is 17.6 Å². The minimum atomic E-state index is 0.231. The van der Waals surface area contributed by atoms with Gasteiger partial charge in [0.25, 0.3) is 0 Å². The molecule has 0 saturated carbocycles. The molecule has 156 valence electrons. The van der Waals surface area contributed by atoms with Crippen molar-refractivity contribution in [3.63, 3.8) is 0 Å². The molecule has 1 aliphatic rings. The van der Waals surface area contributed by atoms with Crippen LogP contribution in [-0.4, -0.2) is 53.5 Å². The summed E-state index contributed by atoms with van der Waals surface area (Å²) >= 11 is 1.43. The number of benzene rings is 2. The molecule has 0 N–H and O–H groups in total. The summed E-state index contributed by atoms with van der Waals surface area (Å²) < 4.78 is 9.81. The van der Waals surface area contributed by atoms with Gasteiger partial charge in [0.2, 0.25) is 11.0 Å². The molecule has 0 unspecified atom stereocenters. The van der Waals surface area contributed by atoms with Crippen LogP contribution in [0.25, 0.3) is 0 Å². The Kier molecular flexibility index (Phi) is 6.59. The molecule has 0 spiro atoms. The highest BCUT2D eigenvalue weighted by Gasteiger charge is 2.23. The molecule has 3 aromatic rings. The fourth-order valence-corrected chi connectivity index (χ4v) is 4.35. The number of amides is 1. The van der Waals surface area contributed by atoms with Crippen molar-refractivity contribution in [1.82, 2.24) is 14.3 Å². The van der Waals surface area contributed by atoms with Gasteiger partial charge in [-0.2, -0.15) is 4.37 Å². The number of rotatable bonds is 7. The summed E-state index contributed by atoms with van der Waals surface area (Å²) in [5.74, 6) is 1.90. The predicted octanol–water partition coefficient (Wildman–Crippen LogP) is 3.42. The third-order valence-corrected chi connectivity index (χ3v) is 6.14. The van der Waals surface area contributed by atoms with Crippen molar-refractivity contribution in [1.29, 1.82) is 0 Å². The molecule has 6 nitrogen and oxygen atoms in total. The van der Waals surface area contributed by atoms with Crippen molar-refractivity contribution in [2.75, 3.05) is 38.2 Å². The van der Waals surface area contributed by atoms with Crippen LogP contribution < -0.4 is 9.64 Å². The molecule has 1 saturated heterocycles. The highest BCUT2D eigenvalue weighted by atomic mass is 32.1. The van der Waals surface area contributed by atoms with Gasteiger partial charge in [-0.15, -0.1) is 0 Å². The number of nitrogens with zero attached hydrogens (tertiary/aromatic N) is 4. The second-order valence-corrected chi connectivity index (χ2v) is 8.11. The Bertz CT molecular complexity index is 968. The van der Waals surface area contributed by atoms with E-state index in [1.165, 1.54) is 17.1 Å². The number of piperazine rings is 1. The zero-order valence-electron chi connectivity index (χ0n) is 17.2. The quantitative estimate of drug-likeness (QED) is 0.584. The minimum Gasteiger partial charge on any atom is -0.497 e. The van der Waals surface area contributed by atoms with Crippen LogP contribution >= 0.6 is 11.5 Å². The van der Waals surface area contributed by atoms with Gasteiger partial charge >= 0.3 is 0 Å². The smallest absolute Gasteiger partial charge is 0.223 e. The lowest BCUT2D eigenvalue weighted by atomic mass is 10.1. The number of aryl methyl sites for hydroxylation is 1. The van der Waals surface area contributed by atoms with E-state index in [0.717, 1.165) is 54.9 Å². The average molecular weight is 423 g/mol. The molecular formula is C23H26N4O2S. The van der Waals surface area contributed by atoms with Crippen LogP contribution in [0.5, 0.6) is 5.75 Å². The number of anilines is 1.